The second-order valence-electron chi connectivity index (χ2n) is 12.0. The van der Waals surface area contributed by atoms with E-state index in [-0.39, 0.29) is 39.5 Å². The molecule has 6 aromatic rings. The molecule has 0 saturated carbocycles. The zero-order valence-corrected chi connectivity index (χ0v) is 30.4. The van der Waals surface area contributed by atoms with Crippen molar-refractivity contribution < 1.29 is 52.4 Å². The van der Waals surface area contributed by atoms with Crippen molar-refractivity contribution in [3.63, 3.8) is 0 Å². The third kappa shape index (κ3) is 10.2. The van der Waals surface area contributed by atoms with Crippen LogP contribution in [-0.2, 0) is 14.4 Å². The normalized spacial score (nSPS) is 11.2. The molecule has 0 bridgehead atoms. The van der Waals surface area contributed by atoms with E-state index in [4.69, 9.17) is 28.1 Å². The van der Waals surface area contributed by atoms with E-state index < -0.39 is 29.1 Å². The molecule has 57 heavy (non-hydrogen) atoms. The molecular weight excluding hydrogens is 732 g/mol. The molecule has 6 rings (SSSR count). The molecule has 1 aromatic heterocycles. The number of phenolic OH excluding ortho intramolecular Hbond substituents is 1. The van der Waals surface area contributed by atoms with Gasteiger partial charge in [-0.2, -0.15) is 0 Å². The van der Waals surface area contributed by atoms with Crippen LogP contribution >= 0.6 is 0 Å². The average Bonchev–Trinajstić information content (AvgIpc) is 3.22. The smallest absolute Gasteiger partial charge is 0.336 e. The van der Waals surface area contributed by atoms with Crippen molar-refractivity contribution in [2.45, 2.75) is 0 Å². The number of carbonyl (C=O) groups excluding carboxylic acids is 4. The summed E-state index contributed by atoms with van der Waals surface area (Å²) in [6.07, 6.45) is 8.78. The Morgan fingerprint density at radius 2 is 1.05 bits per heavy atom. The van der Waals surface area contributed by atoms with E-state index >= 15 is 0 Å². The van der Waals surface area contributed by atoms with E-state index in [1.54, 1.807) is 79.9 Å². The fourth-order valence-corrected chi connectivity index (χ4v) is 5.31. The van der Waals surface area contributed by atoms with Crippen molar-refractivity contribution in [3.05, 3.63) is 160 Å². The number of hydrogen-bond donors (Lipinski definition) is 1. The second-order valence-corrected chi connectivity index (χ2v) is 12.0. The molecular formula is C45H32O12. The Kier molecular flexibility index (Phi) is 12.2. The van der Waals surface area contributed by atoms with E-state index in [9.17, 15) is 29.1 Å². The lowest BCUT2D eigenvalue weighted by atomic mass is 10.1. The van der Waals surface area contributed by atoms with Gasteiger partial charge in [0, 0.05) is 47.6 Å². The zero-order valence-electron chi connectivity index (χ0n) is 30.4. The minimum Gasteiger partial charge on any atom is -0.507 e. The Morgan fingerprint density at radius 1 is 0.561 bits per heavy atom. The van der Waals surface area contributed by atoms with Crippen molar-refractivity contribution in [1.29, 1.82) is 0 Å². The summed E-state index contributed by atoms with van der Waals surface area (Å²) in [5.41, 5.74) is 1.99. The lowest BCUT2D eigenvalue weighted by molar-refractivity contribution is -0.131. The van der Waals surface area contributed by atoms with Crippen molar-refractivity contribution in [2.24, 2.45) is 0 Å². The van der Waals surface area contributed by atoms with E-state index in [1.165, 1.54) is 61.8 Å². The van der Waals surface area contributed by atoms with Gasteiger partial charge in [-0.05, 0) is 77.4 Å². The number of phenols is 1. The van der Waals surface area contributed by atoms with Gasteiger partial charge in [0.1, 0.15) is 46.0 Å². The first kappa shape index (κ1) is 38.7. The molecule has 0 aliphatic heterocycles. The lowest BCUT2D eigenvalue weighted by Crippen LogP contribution is -2.09. The fourth-order valence-electron chi connectivity index (χ4n) is 5.31. The summed E-state index contributed by atoms with van der Waals surface area (Å²) in [7, 11) is 3.08. The lowest BCUT2D eigenvalue weighted by Gasteiger charge is -2.11. The summed E-state index contributed by atoms with van der Waals surface area (Å²) >= 11 is 0. The van der Waals surface area contributed by atoms with Crippen LogP contribution in [0.4, 0.5) is 0 Å². The highest BCUT2D eigenvalue weighted by atomic mass is 16.6. The number of aldehydes is 1. The van der Waals surface area contributed by atoms with Crippen molar-refractivity contribution in [3.8, 4) is 45.8 Å². The fraction of sp³-hybridized carbons (Fsp3) is 0.0444. The monoisotopic (exact) mass is 764 g/mol. The topological polar surface area (TPSA) is 165 Å². The van der Waals surface area contributed by atoms with Crippen LogP contribution in [-0.4, -0.2) is 43.5 Å². The Hall–Kier alpha value is -7.99. The zero-order chi connectivity index (χ0) is 40.3. The Bertz CT molecular complexity index is 2600. The predicted molar refractivity (Wildman–Crippen MR) is 211 cm³/mol. The molecule has 1 N–H and O–H groups in total. The third-order valence-electron chi connectivity index (χ3n) is 8.19. The number of fused-ring (bicyclic) bond motifs is 1. The van der Waals surface area contributed by atoms with Gasteiger partial charge in [0.25, 0.3) is 0 Å². The van der Waals surface area contributed by atoms with Crippen LogP contribution in [0.5, 0.6) is 34.5 Å². The summed E-state index contributed by atoms with van der Waals surface area (Å²) in [5.74, 6) is -2.00. The average molecular weight is 765 g/mol. The van der Waals surface area contributed by atoms with E-state index in [0.717, 1.165) is 18.2 Å². The van der Waals surface area contributed by atoms with E-state index in [1.807, 2.05) is 0 Å². The number of aromatic hydroxyl groups is 1. The SMILES string of the molecule is COc1ccc(/C=C/C(=O)Oc2ccc(-c3cc(=O)c4c(O)cc(OC(=O)/C=C/c5ccc(C=O)cc5)cc4o3)cc2OC(=O)/C=C/c2ccc(OC)cc2)cc1. The molecule has 0 radical (unpaired) electrons. The van der Waals surface area contributed by atoms with Gasteiger partial charge in [-0.1, -0.05) is 48.5 Å². The molecule has 0 unspecified atom stereocenters. The highest BCUT2D eigenvalue weighted by molar-refractivity contribution is 5.93. The number of carbonyl (C=O) groups is 4. The molecule has 0 spiro atoms. The molecule has 0 aliphatic carbocycles. The molecule has 0 saturated heterocycles. The Labute approximate surface area is 325 Å². The van der Waals surface area contributed by atoms with Crippen molar-refractivity contribution in [2.75, 3.05) is 14.2 Å². The minimum atomic E-state index is -0.808. The summed E-state index contributed by atoms with van der Waals surface area (Å²) in [4.78, 5) is 62.7. The molecule has 0 aliphatic rings. The maximum Gasteiger partial charge on any atom is 0.336 e. The molecule has 0 amide bonds. The molecule has 0 fully saturated rings. The van der Waals surface area contributed by atoms with E-state index in [2.05, 4.69) is 0 Å². The number of esters is 3. The van der Waals surface area contributed by atoms with Crippen LogP contribution in [0, 0.1) is 0 Å². The third-order valence-corrected chi connectivity index (χ3v) is 8.19. The largest absolute Gasteiger partial charge is 0.507 e. The Morgan fingerprint density at radius 3 is 1.58 bits per heavy atom. The van der Waals surface area contributed by atoms with Crippen molar-refractivity contribution in [1.82, 2.24) is 0 Å². The first-order valence-electron chi connectivity index (χ1n) is 17.1. The minimum absolute atomic E-state index is 0.0163. The molecule has 1 heterocycles. The maximum absolute atomic E-state index is 13.2. The number of hydrogen-bond acceptors (Lipinski definition) is 12. The van der Waals surface area contributed by atoms with Gasteiger partial charge in [-0.25, -0.2) is 14.4 Å². The highest BCUT2D eigenvalue weighted by Crippen LogP contribution is 2.36. The molecule has 0 atom stereocenters. The number of methoxy groups -OCH3 is 2. The van der Waals surface area contributed by atoms with Gasteiger partial charge in [0.2, 0.25) is 0 Å². The first-order valence-corrected chi connectivity index (χ1v) is 17.1. The van der Waals surface area contributed by atoms with Crippen LogP contribution in [0.3, 0.4) is 0 Å². The predicted octanol–water partition coefficient (Wildman–Crippen LogP) is 7.85. The second kappa shape index (κ2) is 17.9. The van der Waals surface area contributed by atoms with Crippen LogP contribution in [0.1, 0.15) is 27.0 Å². The standard InChI is InChI=1S/C45H32O12/c1-52-33-15-7-29(8-16-33)12-21-43(50)56-38-19-14-32(23-40(38)57-44(51)22-13-30-9-17-34(53-2)18-10-30)39-26-37(48)45-36(47)24-35(25-41(45)55-39)54-42(49)20-11-28-3-5-31(27-46)6-4-28/h3-27,47H,1-2H3/b20-11+,21-12+,22-13+. The van der Waals surface area contributed by atoms with Crippen LogP contribution in [0.25, 0.3) is 40.5 Å². The van der Waals surface area contributed by atoms with Gasteiger partial charge in [-0.3, -0.25) is 9.59 Å². The van der Waals surface area contributed by atoms with Crippen LogP contribution in [0.15, 0.2) is 137 Å². The first-order chi connectivity index (χ1) is 27.6. The summed E-state index contributed by atoms with van der Waals surface area (Å²) < 4.78 is 32.9. The summed E-state index contributed by atoms with van der Waals surface area (Å²) in [5, 5.41) is 10.5. The number of benzene rings is 5. The van der Waals surface area contributed by atoms with Crippen LogP contribution < -0.4 is 29.1 Å². The molecule has 5 aromatic carbocycles. The van der Waals surface area contributed by atoms with E-state index in [0.29, 0.717) is 40.0 Å². The molecule has 12 nitrogen and oxygen atoms in total. The highest BCUT2D eigenvalue weighted by Gasteiger charge is 2.18. The van der Waals surface area contributed by atoms with Crippen LogP contribution in [0.2, 0.25) is 0 Å². The molecule has 12 heteroatoms. The maximum atomic E-state index is 13.2. The molecule has 284 valence electrons. The Balaban J connectivity index is 1.28. The van der Waals surface area contributed by atoms with Crippen molar-refractivity contribution >= 4 is 53.4 Å². The summed E-state index contributed by atoms with van der Waals surface area (Å²) in [6, 6.07) is 28.1. The van der Waals surface area contributed by atoms with Gasteiger partial charge >= 0.3 is 17.9 Å². The van der Waals surface area contributed by atoms with Gasteiger partial charge in [0.15, 0.2) is 16.9 Å². The summed E-state index contributed by atoms with van der Waals surface area (Å²) in [6.45, 7) is 0. The number of ether oxygens (including phenoxy) is 5. The van der Waals surface area contributed by atoms with Gasteiger partial charge < -0.3 is 33.2 Å². The number of rotatable bonds is 13. The quantitative estimate of drug-likeness (QED) is 0.0525. The van der Waals surface area contributed by atoms with Gasteiger partial charge in [0.05, 0.1) is 14.2 Å². The van der Waals surface area contributed by atoms with Gasteiger partial charge in [-0.15, -0.1) is 0 Å².